The molecular formula is C19H22O6. The van der Waals surface area contributed by atoms with E-state index in [0.29, 0.717) is 24.2 Å². The third-order valence-corrected chi connectivity index (χ3v) is 3.97. The van der Waals surface area contributed by atoms with Gasteiger partial charge in [0.2, 0.25) is 6.29 Å². The smallest absolute Gasteiger partial charge is 0.202 e. The molecule has 0 spiro atoms. The average molecular weight is 346 g/mol. The van der Waals surface area contributed by atoms with Gasteiger partial charge in [-0.1, -0.05) is 30.3 Å². The van der Waals surface area contributed by atoms with Crippen LogP contribution >= 0.6 is 0 Å². The molecule has 1 fully saturated rings. The first-order chi connectivity index (χ1) is 12.1. The van der Waals surface area contributed by atoms with E-state index in [1.54, 1.807) is 24.3 Å². The molecule has 0 saturated carbocycles. The number of rotatable bonds is 6. The van der Waals surface area contributed by atoms with Crippen LogP contribution in [-0.4, -0.2) is 40.4 Å². The van der Waals surface area contributed by atoms with Crippen LogP contribution in [-0.2, 0) is 9.47 Å². The van der Waals surface area contributed by atoms with Gasteiger partial charge in [-0.2, -0.15) is 0 Å². The normalized spacial score (nSPS) is 24.6. The highest BCUT2D eigenvalue weighted by atomic mass is 16.7. The van der Waals surface area contributed by atoms with Crippen LogP contribution in [0.4, 0.5) is 0 Å². The number of hydrogen-bond donors (Lipinski definition) is 3. The van der Waals surface area contributed by atoms with Crippen LogP contribution in [0.3, 0.4) is 0 Å². The maximum atomic E-state index is 10.0. The van der Waals surface area contributed by atoms with Crippen molar-refractivity contribution in [2.24, 2.45) is 0 Å². The maximum absolute atomic E-state index is 10.0. The van der Waals surface area contributed by atoms with Gasteiger partial charge in [-0.3, -0.25) is 0 Å². The van der Waals surface area contributed by atoms with E-state index >= 15 is 0 Å². The summed E-state index contributed by atoms with van der Waals surface area (Å²) in [5.74, 6) is 0.694. The van der Waals surface area contributed by atoms with E-state index in [1.165, 1.54) is 12.1 Å². The molecule has 4 unspecified atom stereocenters. The third-order valence-electron chi connectivity index (χ3n) is 3.97. The highest BCUT2D eigenvalue weighted by Crippen LogP contribution is 2.25. The SMILES string of the molecule is Oc1ccc(OC2CC(O)CC(COC(O)c3ccccc3)O2)cc1. The molecule has 0 radical (unpaired) electrons. The van der Waals surface area contributed by atoms with Crippen LogP contribution < -0.4 is 4.74 Å². The van der Waals surface area contributed by atoms with Gasteiger partial charge in [0.25, 0.3) is 0 Å². The van der Waals surface area contributed by atoms with Crippen molar-refractivity contribution < 1.29 is 29.5 Å². The van der Waals surface area contributed by atoms with E-state index in [4.69, 9.17) is 14.2 Å². The van der Waals surface area contributed by atoms with Crippen molar-refractivity contribution in [1.82, 2.24) is 0 Å². The fourth-order valence-electron chi connectivity index (χ4n) is 2.72. The van der Waals surface area contributed by atoms with E-state index in [9.17, 15) is 15.3 Å². The molecule has 1 aliphatic heterocycles. The topological polar surface area (TPSA) is 88.4 Å². The Morgan fingerprint density at radius 2 is 1.76 bits per heavy atom. The Kier molecular flexibility index (Phi) is 5.88. The standard InChI is InChI=1S/C19H22O6/c20-14-6-8-16(9-7-14)24-18-11-15(21)10-17(25-18)12-23-19(22)13-4-2-1-3-5-13/h1-9,15,17-22H,10-12H2. The van der Waals surface area contributed by atoms with Crippen LogP contribution in [0, 0.1) is 0 Å². The predicted octanol–water partition coefficient (Wildman–Crippen LogP) is 2.34. The second-order valence-corrected chi connectivity index (χ2v) is 6.02. The van der Waals surface area contributed by atoms with Gasteiger partial charge in [-0.25, -0.2) is 0 Å². The van der Waals surface area contributed by atoms with Crippen molar-refractivity contribution >= 4 is 0 Å². The molecule has 6 heteroatoms. The molecule has 25 heavy (non-hydrogen) atoms. The summed E-state index contributed by atoms with van der Waals surface area (Å²) in [4.78, 5) is 0. The Morgan fingerprint density at radius 1 is 1.04 bits per heavy atom. The number of aliphatic hydroxyl groups is 2. The van der Waals surface area contributed by atoms with Crippen LogP contribution in [0.15, 0.2) is 54.6 Å². The lowest BCUT2D eigenvalue weighted by Gasteiger charge is -2.33. The number of ether oxygens (including phenoxy) is 3. The number of aromatic hydroxyl groups is 1. The van der Waals surface area contributed by atoms with Crippen molar-refractivity contribution in [2.75, 3.05) is 6.61 Å². The lowest BCUT2D eigenvalue weighted by molar-refractivity contribution is -0.209. The fourth-order valence-corrected chi connectivity index (χ4v) is 2.72. The van der Waals surface area contributed by atoms with Crippen molar-refractivity contribution in [1.29, 1.82) is 0 Å². The zero-order valence-corrected chi connectivity index (χ0v) is 13.7. The lowest BCUT2D eigenvalue weighted by Crippen LogP contribution is -2.41. The van der Waals surface area contributed by atoms with Gasteiger partial charge in [-0.15, -0.1) is 0 Å². The largest absolute Gasteiger partial charge is 0.508 e. The Morgan fingerprint density at radius 3 is 2.48 bits per heavy atom. The van der Waals surface area contributed by atoms with Gasteiger partial charge >= 0.3 is 0 Å². The Labute approximate surface area is 146 Å². The van der Waals surface area contributed by atoms with Crippen molar-refractivity contribution in [3.63, 3.8) is 0 Å². The Hall–Kier alpha value is -2.12. The molecule has 2 aromatic rings. The molecule has 0 aromatic heterocycles. The van der Waals surface area contributed by atoms with E-state index in [0.717, 1.165) is 0 Å². The van der Waals surface area contributed by atoms with Crippen molar-refractivity contribution in [2.45, 2.75) is 37.6 Å². The summed E-state index contributed by atoms with van der Waals surface area (Å²) in [7, 11) is 0. The average Bonchev–Trinajstić information content (AvgIpc) is 2.62. The molecule has 0 aliphatic carbocycles. The summed E-state index contributed by atoms with van der Waals surface area (Å²) in [6, 6.07) is 15.4. The summed E-state index contributed by atoms with van der Waals surface area (Å²) in [5, 5.41) is 29.4. The van der Waals surface area contributed by atoms with E-state index in [2.05, 4.69) is 0 Å². The fraction of sp³-hybridized carbons (Fsp3) is 0.368. The van der Waals surface area contributed by atoms with Crippen LogP contribution in [0.5, 0.6) is 11.5 Å². The molecule has 1 aliphatic rings. The maximum Gasteiger partial charge on any atom is 0.202 e. The first kappa shape index (κ1) is 17.7. The molecule has 2 aromatic carbocycles. The summed E-state index contributed by atoms with van der Waals surface area (Å²) in [6.45, 7) is 0.141. The molecule has 3 rings (SSSR count). The summed E-state index contributed by atoms with van der Waals surface area (Å²) < 4.78 is 16.9. The molecule has 3 N–H and O–H groups in total. The van der Waals surface area contributed by atoms with Gasteiger partial charge < -0.3 is 29.5 Å². The molecule has 1 heterocycles. The lowest BCUT2D eigenvalue weighted by atomic mass is 10.1. The summed E-state index contributed by atoms with van der Waals surface area (Å²) in [5.41, 5.74) is 0.663. The zero-order chi connectivity index (χ0) is 17.6. The summed E-state index contributed by atoms with van der Waals surface area (Å²) in [6.07, 6.45) is -1.85. The number of benzene rings is 2. The predicted molar refractivity (Wildman–Crippen MR) is 90.0 cm³/mol. The molecule has 6 nitrogen and oxygen atoms in total. The Bertz CT molecular complexity index is 645. The quantitative estimate of drug-likeness (QED) is 0.696. The Balaban J connectivity index is 1.52. The third kappa shape index (κ3) is 5.17. The van der Waals surface area contributed by atoms with E-state index in [-0.39, 0.29) is 18.5 Å². The minimum atomic E-state index is -1.04. The van der Waals surface area contributed by atoms with E-state index < -0.39 is 18.7 Å². The van der Waals surface area contributed by atoms with Crippen LogP contribution in [0.25, 0.3) is 0 Å². The number of phenolic OH excluding ortho intramolecular Hbond substituents is 1. The van der Waals surface area contributed by atoms with E-state index in [1.807, 2.05) is 18.2 Å². The van der Waals surface area contributed by atoms with Gasteiger partial charge in [0.05, 0.1) is 18.8 Å². The zero-order valence-electron chi connectivity index (χ0n) is 13.7. The first-order valence-corrected chi connectivity index (χ1v) is 8.24. The second kappa shape index (κ2) is 8.31. The van der Waals surface area contributed by atoms with Gasteiger partial charge in [-0.05, 0) is 24.3 Å². The number of aliphatic hydroxyl groups excluding tert-OH is 2. The highest BCUT2D eigenvalue weighted by Gasteiger charge is 2.30. The van der Waals surface area contributed by atoms with Gasteiger partial charge in [0, 0.05) is 18.4 Å². The van der Waals surface area contributed by atoms with Crippen molar-refractivity contribution in [3.8, 4) is 11.5 Å². The summed E-state index contributed by atoms with van der Waals surface area (Å²) >= 11 is 0. The highest BCUT2D eigenvalue weighted by molar-refractivity contribution is 5.30. The van der Waals surface area contributed by atoms with Crippen LogP contribution in [0.2, 0.25) is 0 Å². The monoisotopic (exact) mass is 346 g/mol. The van der Waals surface area contributed by atoms with Crippen LogP contribution in [0.1, 0.15) is 24.7 Å². The number of phenols is 1. The van der Waals surface area contributed by atoms with Gasteiger partial charge in [0.15, 0.2) is 6.29 Å². The molecule has 0 amide bonds. The molecule has 1 saturated heterocycles. The van der Waals surface area contributed by atoms with Gasteiger partial charge in [0.1, 0.15) is 11.5 Å². The first-order valence-electron chi connectivity index (χ1n) is 8.24. The minimum Gasteiger partial charge on any atom is -0.508 e. The van der Waals surface area contributed by atoms with Crippen molar-refractivity contribution in [3.05, 3.63) is 60.2 Å². The number of hydrogen-bond acceptors (Lipinski definition) is 6. The molecular weight excluding hydrogens is 324 g/mol. The second-order valence-electron chi connectivity index (χ2n) is 6.02. The molecule has 4 atom stereocenters. The molecule has 134 valence electrons. The minimum absolute atomic E-state index is 0.141. The molecule has 0 bridgehead atoms.